The lowest BCUT2D eigenvalue weighted by Gasteiger charge is -2.06. The van der Waals surface area contributed by atoms with Crippen molar-refractivity contribution in [2.45, 2.75) is 6.92 Å². The maximum atomic E-state index is 10.9. The van der Waals surface area contributed by atoms with Crippen molar-refractivity contribution >= 4 is 17.6 Å². The average molecular weight is 231 g/mol. The molecule has 1 aromatic rings. The summed E-state index contributed by atoms with van der Waals surface area (Å²) in [6, 6.07) is 4.33. The zero-order valence-corrected chi connectivity index (χ0v) is 8.95. The van der Waals surface area contributed by atoms with Gasteiger partial charge in [-0.2, -0.15) is 0 Å². The van der Waals surface area contributed by atoms with Crippen LogP contribution in [0.2, 0.25) is 5.02 Å². The molecule has 0 saturated heterocycles. The molecule has 82 valence electrons. The molecule has 0 amide bonds. The summed E-state index contributed by atoms with van der Waals surface area (Å²) in [5.41, 5.74) is 0. The second kappa shape index (κ2) is 5.46. The minimum atomic E-state index is -0.443. The molecule has 0 aromatic heterocycles. The van der Waals surface area contributed by atoms with Crippen molar-refractivity contribution in [3.05, 3.63) is 23.2 Å². The number of ether oxygens (including phenoxy) is 2. The van der Waals surface area contributed by atoms with E-state index < -0.39 is 5.97 Å². The maximum Gasteiger partial charge on any atom is 0.344 e. The summed E-state index contributed by atoms with van der Waals surface area (Å²) < 4.78 is 9.76. The van der Waals surface area contributed by atoms with Crippen LogP contribution in [-0.2, 0) is 9.53 Å². The first-order valence-corrected chi connectivity index (χ1v) is 4.78. The molecule has 0 aliphatic carbocycles. The molecular formula is C10H11ClO4. The highest BCUT2D eigenvalue weighted by atomic mass is 35.5. The zero-order chi connectivity index (χ0) is 11.3. The summed E-state index contributed by atoms with van der Waals surface area (Å²) in [4.78, 5) is 10.9. The molecule has 0 fully saturated rings. The van der Waals surface area contributed by atoms with E-state index in [4.69, 9.17) is 21.4 Å². The summed E-state index contributed by atoms with van der Waals surface area (Å²) in [6.07, 6.45) is 0. The largest absolute Gasteiger partial charge is 0.506 e. The highest BCUT2D eigenvalue weighted by molar-refractivity contribution is 6.32. The fraction of sp³-hybridized carbons (Fsp3) is 0.300. The van der Waals surface area contributed by atoms with E-state index in [0.717, 1.165) is 0 Å². The number of phenols is 1. The Hall–Kier alpha value is -1.42. The van der Waals surface area contributed by atoms with Crippen molar-refractivity contribution in [2.24, 2.45) is 0 Å². The summed E-state index contributed by atoms with van der Waals surface area (Å²) >= 11 is 5.64. The second-order valence-corrected chi connectivity index (χ2v) is 3.11. The van der Waals surface area contributed by atoms with Gasteiger partial charge in [0.15, 0.2) is 6.61 Å². The number of carbonyl (C=O) groups is 1. The Morgan fingerprint density at radius 3 is 2.87 bits per heavy atom. The smallest absolute Gasteiger partial charge is 0.344 e. The van der Waals surface area contributed by atoms with E-state index in [2.05, 4.69) is 4.74 Å². The molecule has 0 atom stereocenters. The third-order valence-electron chi connectivity index (χ3n) is 1.58. The van der Waals surface area contributed by atoms with Gasteiger partial charge in [-0.1, -0.05) is 11.6 Å². The van der Waals surface area contributed by atoms with Crippen LogP contribution in [0.1, 0.15) is 6.92 Å². The first-order chi connectivity index (χ1) is 7.13. The van der Waals surface area contributed by atoms with Gasteiger partial charge >= 0.3 is 5.97 Å². The summed E-state index contributed by atoms with van der Waals surface area (Å²) in [5.74, 6) is -0.0623. The van der Waals surface area contributed by atoms with Crippen molar-refractivity contribution in [2.75, 3.05) is 13.2 Å². The zero-order valence-electron chi connectivity index (χ0n) is 8.20. The Balaban J connectivity index is 2.51. The predicted octanol–water partition coefficient (Wildman–Crippen LogP) is 1.99. The van der Waals surface area contributed by atoms with Crippen LogP contribution in [0.15, 0.2) is 18.2 Å². The minimum absolute atomic E-state index is 0.0276. The average Bonchev–Trinajstić information content (AvgIpc) is 2.20. The molecule has 5 heteroatoms. The molecule has 0 bridgehead atoms. The first kappa shape index (κ1) is 11.7. The van der Waals surface area contributed by atoms with E-state index >= 15 is 0 Å². The van der Waals surface area contributed by atoms with Gasteiger partial charge in [-0.05, 0) is 19.1 Å². The molecule has 0 radical (unpaired) electrons. The van der Waals surface area contributed by atoms with Crippen LogP contribution in [0.5, 0.6) is 11.5 Å². The van der Waals surface area contributed by atoms with Crippen LogP contribution in [0, 0.1) is 0 Å². The van der Waals surface area contributed by atoms with Crippen LogP contribution in [-0.4, -0.2) is 24.3 Å². The SMILES string of the molecule is CCOC(=O)COc1ccc(O)c(Cl)c1. The number of phenolic OH excluding ortho intramolecular Hbond substituents is 1. The lowest BCUT2D eigenvalue weighted by molar-refractivity contribution is -0.145. The van der Waals surface area contributed by atoms with Crippen molar-refractivity contribution < 1.29 is 19.4 Å². The Morgan fingerprint density at radius 2 is 2.27 bits per heavy atom. The fourth-order valence-electron chi connectivity index (χ4n) is 0.922. The molecule has 0 saturated carbocycles. The van der Waals surface area contributed by atoms with E-state index in [0.29, 0.717) is 12.4 Å². The predicted molar refractivity (Wildman–Crippen MR) is 55.2 cm³/mol. The van der Waals surface area contributed by atoms with Gasteiger partial charge in [-0.3, -0.25) is 0 Å². The van der Waals surface area contributed by atoms with Crippen molar-refractivity contribution in [3.63, 3.8) is 0 Å². The van der Waals surface area contributed by atoms with Gasteiger partial charge in [0.25, 0.3) is 0 Å². The number of halogens is 1. The number of hydrogen-bond donors (Lipinski definition) is 1. The van der Waals surface area contributed by atoms with Crippen LogP contribution in [0.4, 0.5) is 0 Å². The van der Waals surface area contributed by atoms with Crippen molar-refractivity contribution in [3.8, 4) is 11.5 Å². The summed E-state index contributed by atoms with van der Waals surface area (Å²) in [5, 5.41) is 9.30. The molecule has 0 aliphatic rings. The molecule has 0 heterocycles. The summed E-state index contributed by atoms with van der Waals surface area (Å²) in [7, 11) is 0. The highest BCUT2D eigenvalue weighted by Crippen LogP contribution is 2.27. The number of rotatable bonds is 4. The molecule has 1 rings (SSSR count). The number of benzene rings is 1. The molecular weight excluding hydrogens is 220 g/mol. The van der Waals surface area contributed by atoms with Gasteiger partial charge in [-0.25, -0.2) is 4.79 Å². The van der Waals surface area contributed by atoms with Gasteiger partial charge in [0, 0.05) is 6.07 Å². The van der Waals surface area contributed by atoms with Crippen molar-refractivity contribution in [1.29, 1.82) is 0 Å². The Bertz CT molecular complexity index is 351. The van der Waals surface area contributed by atoms with E-state index in [9.17, 15) is 4.79 Å². The van der Waals surface area contributed by atoms with Crippen LogP contribution < -0.4 is 4.74 Å². The van der Waals surface area contributed by atoms with Crippen LogP contribution in [0.3, 0.4) is 0 Å². The van der Waals surface area contributed by atoms with E-state index in [-0.39, 0.29) is 17.4 Å². The first-order valence-electron chi connectivity index (χ1n) is 4.40. The third-order valence-corrected chi connectivity index (χ3v) is 1.88. The van der Waals surface area contributed by atoms with Gasteiger partial charge in [0.1, 0.15) is 11.5 Å². The highest BCUT2D eigenvalue weighted by Gasteiger charge is 2.04. The third kappa shape index (κ3) is 3.67. The monoisotopic (exact) mass is 230 g/mol. The molecule has 0 unspecified atom stereocenters. The standard InChI is InChI=1S/C10H11ClO4/c1-2-14-10(13)6-15-7-3-4-9(12)8(11)5-7/h3-5,12H,2,6H2,1H3. The number of aromatic hydroxyl groups is 1. The molecule has 1 N–H and O–H groups in total. The topological polar surface area (TPSA) is 55.8 Å². The molecule has 0 spiro atoms. The van der Waals surface area contributed by atoms with Gasteiger partial charge in [-0.15, -0.1) is 0 Å². The van der Waals surface area contributed by atoms with Crippen molar-refractivity contribution in [1.82, 2.24) is 0 Å². The fourth-order valence-corrected chi connectivity index (χ4v) is 1.09. The Kier molecular flexibility index (Phi) is 4.24. The normalized spacial score (nSPS) is 9.73. The number of esters is 1. The number of hydrogen-bond acceptors (Lipinski definition) is 4. The van der Waals surface area contributed by atoms with E-state index in [1.807, 2.05) is 0 Å². The number of carbonyl (C=O) groups excluding carboxylic acids is 1. The molecule has 15 heavy (non-hydrogen) atoms. The quantitative estimate of drug-likeness (QED) is 0.804. The summed E-state index contributed by atoms with van der Waals surface area (Å²) in [6.45, 7) is 1.86. The lowest BCUT2D eigenvalue weighted by Crippen LogP contribution is -2.14. The van der Waals surface area contributed by atoms with Crippen LogP contribution in [0.25, 0.3) is 0 Å². The van der Waals surface area contributed by atoms with E-state index in [1.165, 1.54) is 18.2 Å². The van der Waals surface area contributed by atoms with E-state index in [1.54, 1.807) is 6.92 Å². The Morgan fingerprint density at radius 1 is 1.53 bits per heavy atom. The molecule has 4 nitrogen and oxygen atoms in total. The lowest BCUT2D eigenvalue weighted by atomic mass is 10.3. The Labute approximate surface area is 92.4 Å². The molecule has 1 aromatic carbocycles. The maximum absolute atomic E-state index is 10.9. The second-order valence-electron chi connectivity index (χ2n) is 2.71. The van der Waals surface area contributed by atoms with Crippen LogP contribution >= 0.6 is 11.6 Å². The minimum Gasteiger partial charge on any atom is -0.506 e. The van der Waals surface area contributed by atoms with Gasteiger partial charge in [0.05, 0.1) is 11.6 Å². The molecule has 0 aliphatic heterocycles. The van der Waals surface area contributed by atoms with Gasteiger partial charge < -0.3 is 14.6 Å². The van der Waals surface area contributed by atoms with Gasteiger partial charge in [0.2, 0.25) is 0 Å².